The van der Waals surface area contributed by atoms with Gasteiger partial charge < -0.3 is 19.7 Å². The van der Waals surface area contributed by atoms with Gasteiger partial charge >= 0.3 is 12.3 Å². The monoisotopic (exact) mass is 360 g/mol. The highest BCUT2D eigenvalue weighted by Gasteiger charge is 2.42. The number of benzene rings is 1. The van der Waals surface area contributed by atoms with Crippen molar-refractivity contribution in [3.8, 4) is 0 Å². The fourth-order valence-electron chi connectivity index (χ4n) is 2.35. The van der Waals surface area contributed by atoms with Crippen LogP contribution in [0.25, 0.3) is 0 Å². The molecule has 1 aromatic rings. The number of nitrogens with one attached hydrogen (secondary N) is 1. The molecular formula is C16H19F3N2O4. The molecule has 2 rings (SSSR count). The van der Waals surface area contributed by atoms with Crippen molar-refractivity contribution in [3.05, 3.63) is 35.9 Å². The Bertz CT molecular complexity index is 580. The topological polar surface area (TPSA) is 67.9 Å². The summed E-state index contributed by atoms with van der Waals surface area (Å²) in [5.74, 6) is -0.685. The number of hydrogen-bond acceptors (Lipinski definition) is 4. The van der Waals surface area contributed by atoms with Crippen molar-refractivity contribution >= 4 is 12.0 Å². The van der Waals surface area contributed by atoms with Gasteiger partial charge in [0.05, 0.1) is 6.61 Å². The largest absolute Gasteiger partial charge is 0.449 e. The van der Waals surface area contributed by atoms with Crippen molar-refractivity contribution in [2.45, 2.75) is 18.7 Å². The van der Waals surface area contributed by atoms with Crippen LogP contribution in [0.1, 0.15) is 18.1 Å². The Morgan fingerprint density at radius 2 is 2.04 bits per heavy atom. The highest BCUT2D eigenvalue weighted by atomic mass is 19.4. The van der Waals surface area contributed by atoms with Gasteiger partial charge in [0, 0.05) is 19.6 Å². The van der Waals surface area contributed by atoms with Crippen LogP contribution in [-0.4, -0.2) is 55.9 Å². The molecule has 6 nitrogen and oxygen atoms in total. The second-order valence-electron chi connectivity index (χ2n) is 5.45. The second kappa shape index (κ2) is 8.70. The molecule has 0 saturated carbocycles. The lowest BCUT2D eigenvalue weighted by molar-refractivity contribution is -0.223. The van der Waals surface area contributed by atoms with E-state index in [2.05, 4.69) is 5.32 Å². The summed E-state index contributed by atoms with van der Waals surface area (Å²) in [7, 11) is 0. The summed E-state index contributed by atoms with van der Waals surface area (Å²) >= 11 is 0. The van der Waals surface area contributed by atoms with Crippen molar-refractivity contribution in [2.24, 2.45) is 0 Å². The summed E-state index contributed by atoms with van der Waals surface area (Å²) in [6.45, 7) is 0.498. The Labute approximate surface area is 142 Å². The third-order valence-corrected chi connectivity index (χ3v) is 3.54. The number of carbonyl (C=O) groups excluding carboxylic acids is 2. The normalized spacial score (nSPS) is 16.3. The predicted molar refractivity (Wildman–Crippen MR) is 81.7 cm³/mol. The highest BCUT2D eigenvalue weighted by molar-refractivity contribution is 5.77. The van der Waals surface area contributed by atoms with Crippen LogP contribution >= 0.6 is 0 Å². The summed E-state index contributed by atoms with van der Waals surface area (Å²) in [5.41, 5.74) is -0.0705. The van der Waals surface area contributed by atoms with E-state index < -0.39 is 30.9 Å². The molecule has 1 saturated heterocycles. The maximum Gasteiger partial charge on any atom is 0.418 e. The zero-order chi connectivity index (χ0) is 18.3. The highest BCUT2D eigenvalue weighted by Crippen LogP contribution is 2.35. The molecule has 9 heteroatoms. The fourth-order valence-corrected chi connectivity index (χ4v) is 2.35. The first-order valence-corrected chi connectivity index (χ1v) is 7.79. The third kappa shape index (κ3) is 5.93. The van der Waals surface area contributed by atoms with Gasteiger partial charge in [0.1, 0.15) is 6.61 Å². The molecule has 0 aromatic heterocycles. The molecule has 1 aromatic carbocycles. The van der Waals surface area contributed by atoms with Crippen molar-refractivity contribution < 1.29 is 32.2 Å². The molecule has 0 unspecified atom stereocenters. The lowest BCUT2D eigenvalue weighted by Crippen LogP contribution is -2.43. The van der Waals surface area contributed by atoms with Crippen LogP contribution in [0.4, 0.5) is 18.0 Å². The van der Waals surface area contributed by atoms with E-state index in [1.807, 2.05) is 0 Å². The Kier molecular flexibility index (Phi) is 6.63. The van der Waals surface area contributed by atoms with Crippen molar-refractivity contribution in [1.82, 2.24) is 10.2 Å². The number of nitrogens with zero attached hydrogens (tertiary/aromatic N) is 1. The lowest BCUT2D eigenvalue weighted by atomic mass is 10.1. The van der Waals surface area contributed by atoms with E-state index in [1.165, 1.54) is 29.2 Å². The Morgan fingerprint density at radius 1 is 1.32 bits per heavy atom. The molecule has 0 aliphatic carbocycles. The van der Waals surface area contributed by atoms with Crippen LogP contribution in [0.3, 0.4) is 0 Å². The van der Waals surface area contributed by atoms with Crippen LogP contribution in [-0.2, 0) is 14.3 Å². The van der Waals surface area contributed by atoms with Crippen LogP contribution in [0.5, 0.6) is 0 Å². The molecule has 1 aliphatic rings. The minimum absolute atomic E-state index is 0.0705. The molecule has 1 fully saturated rings. The van der Waals surface area contributed by atoms with Crippen molar-refractivity contribution in [2.75, 3.05) is 32.8 Å². The number of cyclic esters (lactones) is 1. The molecule has 0 bridgehead atoms. The first-order valence-electron chi connectivity index (χ1n) is 7.79. The zero-order valence-corrected chi connectivity index (χ0v) is 13.4. The van der Waals surface area contributed by atoms with Crippen molar-refractivity contribution in [1.29, 1.82) is 0 Å². The van der Waals surface area contributed by atoms with Crippen molar-refractivity contribution in [3.63, 3.8) is 0 Å². The third-order valence-electron chi connectivity index (χ3n) is 3.54. The Hall–Kier alpha value is -2.29. The van der Waals surface area contributed by atoms with E-state index in [4.69, 9.17) is 9.47 Å². The predicted octanol–water partition coefficient (Wildman–Crippen LogP) is 2.27. The number of amides is 2. The SMILES string of the molecule is O=C(CO[C@@H](c1ccccc1)C(F)(F)F)NCCN1CCCOC1=O. The van der Waals surface area contributed by atoms with E-state index in [0.717, 1.165) is 0 Å². The van der Waals surface area contributed by atoms with Gasteiger partial charge in [-0.25, -0.2) is 4.79 Å². The van der Waals surface area contributed by atoms with E-state index in [-0.39, 0.29) is 18.7 Å². The minimum Gasteiger partial charge on any atom is -0.449 e. The number of hydrogen-bond donors (Lipinski definition) is 1. The number of alkyl halides is 3. The van der Waals surface area contributed by atoms with E-state index in [9.17, 15) is 22.8 Å². The van der Waals surface area contributed by atoms with E-state index in [0.29, 0.717) is 19.6 Å². The Balaban J connectivity index is 1.78. The van der Waals surface area contributed by atoms with Gasteiger partial charge in [0.25, 0.3) is 0 Å². The number of halogens is 3. The second-order valence-corrected chi connectivity index (χ2v) is 5.45. The van der Waals surface area contributed by atoms with Gasteiger partial charge in [-0.05, 0) is 12.0 Å². The van der Waals surface area contributed by atoms with Crippen LogP contribution in [0, 0.1) is 0 Å². The van der Waals surface area contributed by atoms with E-state index >= 15 is 0 Å². The fraction of sp³-hybridized carbons (Fsp3) is 0.500. The molecule has 1 atom stereocenters. The average molecular weight is 360 g/mol. The molecule has 0 spiro atoms. The zero-order valence-electron chi connectivity index (χ0n) is 13.4. The molecule has 138 valence electrons. The maximum atomic E-state index is 13.1. The molecule has 1 N–H and O–H groups in total. The summed E-state index contributed by atoms with van der Waals surface area (Å²) in [6.07, 6.45) is -6.55. The van der Waals surface area contributed by atoms with Gasteiger partial charge in [-0.15, -0.1) is 0 Å². The van der Waals surface area contributed by atoms with Gasteiger partial charge in [-0.3, -0.25) is 4.79 Å². The maximum absolute atomic E-state index is 13.1. The minimum atomic E-state index is -4.63. The molecule has 0 radical (unpaired) electrons. The van der Waals surface area contributed by atoms with E-state index in [1.54, 1.807) is 6.07 Å². The van der Waals surface area contributed by atoms with Crippen LogP contribution in [0.15, 0.2) is 30.3 Å². The number of carbonyl (C=O) groups is 2. The summed E-state index contributed by atoms with van der Waals surface area (Å²) in [4.78, 5) is 24.5. The van der Waals surface area contributed by atoms with Gasteiger partial charge in [0.15, 0.2) is 6.10 Å². The van der Waals surface area contributed by atoms with Crippen LogP contribution < -0.4 is 5.32 Å². The van der Waals surface area contributed by atoms with Gasteiger partial charge in [0.2, 0.25) is 5.91 Å². The Morgan fingerprint density at radius 3 is 2.68 bits per heavy atom. The quantitative estimate of drug-likeness (QED) is 0.810. The first-order chi connectivity index (χ1) is 11.9. The van der Waals surface area contributed by atoms with Crippen LogP contribution in [0.2, 0.25) is 0 Å². The summed E-state index contributed by atoms with van der Waals surface area (Å²) < 4.78 is 48.9. The number of ether oxygens (including phenoxy) is 2. The molecule has 25 heavy (non-hydrogen) atoms. The molecular weight excluding hydrogens is 341 g/mol. The average Bonchev–Trinajstić information content (AvgIpc) is 2.56. The molecule has 1 heterocycles. The smallest absolute Gasteiger partial charge is 0.418 e. The molecule has 2 amide bonds. The van der Waals surface area contributed by atoms with Gasteiger partial charge in [-0.1, -0.05) is 30.3 Å². The summed E-state index contributed by atoms with van der Waals surface area (Å²) in [6, 6.07) is 7.11. The molecule has 1 aliphatic heterocycles. The first kappa shape index (κ1) is 19.0. The van der Waals surface area contributed by atoms with Gasteiger partial charge in [-0.2, -0.15) is 13.2 Å². The standard InChI is InChI=1S/C16H19F3N2O4/c17-16(18,19)14(12-5-2-1-3-6-12)25-11-13(22)20-7-9-21-8-4-10-24-15(21)23/h1-3,5-6,14H,4,7-11H2,(H,20,22)/t14-/m0/s1. The summed E-state index contributed by atoms with van der Waals surface area (Å²) in [5, 5.41) is 2.43. The number of rotatable bonds is 7. The lowest BCUT2D eigenvalue weighted by Gasteiger charge is -2.26.